The predicted molar refractivity (Wildman–Crippen MR) is 109 cm³/mol. The van der Waals surface area contributed by atoms with Gasteiger partial charge in [0.25, 0.3) is 5.56 Å². The Balaban J connectivity index is 1.97. The smallest absolute Gasteiger partial charge is 0.269 e. The van der Waals surface area contributed by atoms with E-state index in [4.69, 9.17) is 15.3 Å². The van der Waals surface area contributed by atoms with Gasteiger partial charge in [0.1, 0.15) is 29.2 Å². The molecule has 0 bridgehead atoms. The molecule has 5 nitrogen and oxygen atoms in total. The molecule has 0 unspecified atom stereocenters. The maximum absolute atomic E-state index is 12.6. The molecule has 0 spiro atoms. The molecule has 28 heavy (non-hydrogen) atoms. The fourth-order valence-electron chi connectivity index (χ4n) is 2.70. The van der Waals surface area contributed by atoms with Gasteiger partial charge in [-0.2, -0.15) is 10.5 Å². The van der Waals surface area contributed by atoms with Gasteiger partial charge < -0.3 is 4.74 Å². The van der Waals surface area contributed by atoms with Crippen LogP contribution in [0.2, 0.25) is 0 Å². The predicted octanol–water partition coefficient (Wildman–Crippen LogP) is 2.54. The van der Waals surface area contributed by atoms with E-state index in [1.807, 2.05) is 73.7 Å². The zero-order chi connectivity index (χ0) is 19.9. The Bertz CT molecular complexity index is 1230. The molecule has 0 amide bonds. The van der Waals surface area contributed by atoms with Crippen LogP contribution in [0.25, 0.3) is 11.6 Å². The Labute approximate surface area is 166 Å². The van der Waals surface area contributed by atoms with Gasteiger partial charge in [-0.25, -0.2) is 0 Å². The lowest BCUT2D eigenvalue weighted by Gasteiger charge is -2.06. The second-order valence-corrected chi connectivity index (χ2v) is 6.94. The van der Waals surface area contributed by atoms with E-state index in [0.717, 1.165) is 22.5 Å². The van der Waals surface area contributed by atoms with Crippen LogP contribution >= 0.6 is 11.3 Å². The maximum atomic E-state index is 12.6. The summed E-state index contributed by atoms with van der Waals surface area (Å²) in [6.07, 6.45) is 1.75. The highest BCUT2D eigenvalue weighted by Crippen LogP contribution is 2.15. The van der Waals surface area contributed by atoms with E-state index < -0.39 is 0 Å². The number of nitriles is 2. The second-order valence-electron chi connectivity index (χ2n) is 5.91. The first-order valence-corrected chi connectivity index (χ1v) is 9.50. The van der Waals surface area contributed by atoms with E-state index in [2.05, 4.69) is 0 Å². The number of hydrogen-bond acceptors (Lipinski definition) is 5. The maximum Gasteiger partial charge on any atom is 0.269 e. The minimum absolute atomic E-state index is 0.0523. The molecule has 138 valence electrons. The third-order valence-electron chi connectivity index (χ3n) is 4.07. The van der Waals surface area contributed by atoms with Crippen LogP contribution in [0.5, 0.6) is 5.75 Å². The van der Waals surface area contributed by atoms with E-state index >= 15 is 0 Å². The molecule has 0 aliphatic rings. The summed E-state index contributed by atoms with van der Waals surface area (Å²) in [6.45, 7) is 2.66. The van der Waals surface area contributed by atoms with Crippen molar-refractivity contribution in [2.45, 2.75) is 20.1 Å². The third kappa shape index (κ3) is 4.20. The third-order valence-corrected chi connectivity index (χ3v) is 5.20. The molecule has 6 heteroatoms. The largest absolute Gasteiger partial charge is 0.489 e. The Hall–Kier alpha value is -3.61. The summed E-state index contributed by atoms with van der Waals surface area (Å²) in [5.74, 6) is 0.700. The highest BCUT2D eigenvalue weighted by Gasteiger charge is 2.08. The van der Waals surface area contributed by atoms with Gasteiger partial charge in [0.15, 0.2) is 5.57 Å². The molecule has 1 aromatic heterocycles. The molecule has 1 heterocycles. The van der Waals surface area contributed by atoms with Crippen molar-refractivity contribution in [3.05, 3.63) is 85.3 Å². The van der Waals surface area contributed by atoms with Gasteiger partial charge in [0.05, 0.1) is 4.53 Å². The Morgan fingerprint density at radius 3 is 2.57 bits per heavy atom. The van der Waals surface area contributed by atoms with Crippen LogP contribution in [0.15, 0.2) is 59.4 Å². The SMILES string of the molecule is CCn1c(=C(C#N)C#N)s/c(=C/c2cccc(OCc3ccccc3)c2)c1=O. The minimum atomic E-state index is -0.207. The quantitative estimate of drug-likeness (QED) is 0.674. The molecule has 3 aromatic rings. The summed E-state index contributed by atoms with van der Waals surface area (Å²) < 4.78 is 8.15. The number of rotatable bonds is 5. The molecule has 0 fully saturated rings. The molecule has 0 aliphatic carbocycles. The summed E-state index contributed by atoms with van der Waals surface area (Å²) in [5.41, 5.74) is 1.63. The number of ether oxygens (including phenoxy) is 1. The zero-order valence-electron chi connectivity index (χ0n) is 15.3. The lowest BCUT2D eigenvalue weighted by atomic mass is 10.2. The van der Waals surface area contributed by atoms with E-state index in [1.54, 1.807) is 6.08 Å². The van der Waals surface area contributed by atoms with Crippen molar-refractivity contribution in [3.63, 3.8) is 0 Å². The van der Waals surface area contributed by atoms with Crippen molar-refractivity contribution in [1.82, 2.24) is 4.57 Å². The first kappa shape index (κ1) is 19.2. The molecule has 0 atom stereocenters. The van der Waals surface area contributed by atoms with Gasteiger partial charge in [0.2, 0.25) is 0 Å². The molecular weight excluding hydrogens is 370 g/mol. The Morgan fingerprint density at radius 2 is 1.89 bits per heavy atom. The molecular formula is C22H17N3O2S. The van der Waals surface area contributed by atoms with E-state index in [9.17, 15) is 4.79 Å². The van der Waals surface area contributed by atoms with Crippen molar-refractivity contribution < 1.29 is 4.74 Å². The monoisotopic (exact) mass is 387 g/mol. The highest BCUT2D eigenvalue weighted by atomic mass is 32.1. The van der Waals surface area contributed by atoms with Crippen LogP contribution in [0.3, 0.4) is 0 Å². The van der Waals surface area contributed by atoms with Crippen molar-refractivity contribution in [1.29, 1.82) is 10.5 Å². The number of thiazole rings is 1. The second kappa shape index (κ2) is 8.85. The normalized spacial score (nSPS) is 10.9. The van der Waals surface area contributed by atoms with Crippen LogP contribution in [0, 0.1) is 22.7 Å². The van der Waals surface area contributed by atoms with Crippen LogP contribution in [0.4, 0.5) is 0 Å². The van der Waals surface area contributed by atoms with Crippen molar-refractivity contribution in [3.8, 4) is 17.9 Å². The summed E-state index contributed by atoms with van der Waals surface area (Å²) >= 11 is 1.15. The standard InChI is InChI=1S/C22H17N3O2S/c1-2-25-21(26)20(28-22(25)18(13-23)14-24)12-17-9-6-10-19(11-17)27-15-16-7-4-3-5-8-16/h3-12H,2,15H2,1H3/b20-12+. The summed E-state index contributed by atoms with van der Waals surface area (Å²) in [6, 6.07) is 21.1. The van der Waals surface area contributed by atoms with Crippen molar-refractivity contribution in [2.75, 3.05) is 0 Å². The average molecular weight is 387 g/mol. The highest BCUT2D eigenvalue weighted by molar-refractivity contribution is 7.07. The zero-order valence-corrected chi connectivity index (χ0v) is 16.1. The molecule has 0 N–H and O–H groups in total. The molecule has 2 aromatic carbocycles. The Morgan fingerprint density at radius 1 is 1.14 bits per heavy atom. The van der Waals surface area contributed by atoms with Crippen molar-refractivity contribution >= 4 is 23.0 Å². The topological polar surface area (TPSA) is 78.8 Å². The van der Waals surface area contributed by atoms with Gasteiger partial charge in [-0.05, 0) is 36.3 Å². The summed E-state index contributed by atoms with van der Waals surface area (Å²) in [5, 5.41) is 18.3. The first-order chi connectivity index (χ1) is 13.7. The van der Waals surface area contributed by atoms with E-state index in [-0.39, 0.29) is 11.1 Å². The van der Waals surface area contributed by atoms with Crippen LogP contribution in [0.1, 0.15) is 18.1 Å². The van der Waals surface area contributed by atoms with Gasteiger partial charge >= 0.3 is 0 Å². The molecule has 0 radical (unpaired) electrons. The number of hydrogen-bond donors (Lipinski definition) is 0. The van der Waals surface area contributed by atoms with E-state index in [1.165, 1.54) is 4.57 Å². The summed E-state index contributed by atoms with van der Waals surface area (Å²) in [4.78, 5) is 12.6. The number of nitrogens with zero attached hydrogens (tertiary/aromatic N) is 3. The average Bonchev–Trinajstić information content (AvgIpc) is 3.03. The minimum Gasteiger partial charge on any atom is -0.489 e. The van der Waals surface area contributed by atoms with E-state index in [0.29, 0.717) is 28.1 Å². The summed E-state index contributed by atoms with van der Waals surface area (Å²) in [7, 11) is 0. The van der Waals surface area contributed by atoms with Crippen LogP contribution < -0.4 is 19.5 Å². The molecule has 0 saturated carbocycles. The van der Waals surface area contributed by atoms with Crippen molar-refractivity contribution in [2.24, 2.45) is 0 Å². The van der Waals surface area contributed by atoms with Crippen LogP contribution in [-0.2, 0) is 13.2 Å². The lowest BCUT2D eigenvalue weighted by Crippen LogP contribution is -2.31. The molecule has 3 rings (SSSR count). The van der Waals surface area contributed by atoms with Gasteiger partial charge in [-0.15, -0.1) is 11.3 Å². The fraction of sp³-hybridized carbons (Fsp3) is 0.136. The number of aromatic nitrogens is 1. The number of benzene rings is 2. The van der Waals surface area contributed by atoms with Gasteiger partial charge in [-0.3, -0.25) is 9.36 Å². The fourth-order valence-corrected chi connectivity index (χ4v) is 3.82. The van der Waals surface area contributed by atoms with Crippen LogP contribution in [-0.4, -0.2) is 4.57 Å². The van der Waals surface area contributed by atoms with Gasteiger partial charge in [0, 0.05) is 6.54 Å². The molecule has 0 saturated heterocycles. The first-order valence-electron chi connectivity index (χ1n) is 8.69. The Kier molecular flexibility index (Phi) is 6.06. The molecule has 0 aliphatic heterocycles. The lowest BCUT2D eigenvalue weighted by molar-refractivity contribution is 0.306. The van der Waals surface area contributed by atoms with Gasteiger partial charge in [-0.1, -0.05) is 42.5 Å².